The predicted molar refractivity (Wildman–Crippen MR) is 118 cm³/mol. The Morgan fingerprint density at radius 1 is 0.724 bits per heavy atom. The first-order valence-corrected chi connectivity index (χ1v) is 10.9. The number of fused-ring (bicyclic) bond motifs is 2. The maximum atomic E-state index is 13.7. The number of H-pyrrole nitrogens is 1. The highest BCUT2D eigenvalue weighted by Crippen LogP contribution is 2.39. The minimum atomic E-state index is -3.78. The second kappa shape index (κ2) is 6.36. The Balaban J connectivity index is 1.93. The van der Waals surface area contributed by atoms with E-state index in [2.05, 4.69) is 11.1 Å². The molecular formula is C24H20N2O2S. The Hall–Kier alpha value is -3.31. The molecule has 5 aromatic rings. The Bertz CT molecular complexity index is 1480. The van der Waals surface area contributed by atoms with E-state index in [4.69, 9.17) is 0 Å². The van der Waals surface area contributed by atoms with Crippen LogP contribution < -0.4 is 0 Å². The first kappa shape index (κ1) is 17.8. The van der Waals surface area contributed by atoms with Gasteiger partial charge in [0.05, 0.1) is 21.8 Å². The number of aryl methyl sites for hydroxylation is 2. The molecule has 4 nitrogen and oxygen atoms in total. The Kier molecular flexibility index (Phi) is 3.89. The van der Waals surface area contributed by atoms with Crippen molar-refractivity contribution in [1.82, 2.24) is 8.96 Å². The summed E-state index contributed by atoms with van der Waals surface area (Å²) >= 11 is 0. The molecule has 1 N–H and O–H groups in total. The zero-order valence-corrected chi connectivity index (χ0v) is 17.0. The first-order chi connectivity index (χ1) is 14.0. The Morgan fingerprint density at radius 2 is 1.34 bits per heavy atom. The molecule has 0 saturated heterocycles. The number of hydrogen-bond acceptors (Lipinski definition) is 2. The van der Waals surface area contributed by atoms with Gasteiger partial charge in [-0.15, -0.1) is 0 Å². The summed E-state index contributed by atoms with van der Waals surface area (Å²) in [5.74, 6) is 0. The molecule has 0 aliphatic heterocycles. The van der Waals surface area contributed by atoms with E-state index in [1.807, 2.05) is 62.4 Å². The third-order valence-corrected chi connectivity index (χ3v) is 7.30. The zero-order valence-electron chi connectivity index (χ0n) is 16.2. The molecule has 2 aromatic heterocycles. The van der Waals surface area contributed by atoms with Crippen molar-refractivity contribution in [3.05, 3.63) is 90.0 Å². The zero-order chi connectivity index (χ0) is 20.2. The van der Waals surface area contributed by atoms with Crippen molar-refractivity contribution in [2.45, 2.75) is 18.7 Å². The number of aromatic amines is 1. The maximum Gasteiger partial charge on any atom is 0.268 e. The highest BCUT2D eigenvalue weighted by Gasteiger charge is 2.28. The average Bonchev–Trinajstić information content (AvgIpc) is 3.24. The largest absolute Gasteiger partial charge is 0.353 e. The van der Waals surface area contributed by atoms with Gasteiger partial charge in [0, 0.05) is 16.3 Å². The van der Waals surface area contributed by atoms with Crippen LogP contribution in [0.25, 0.3) is 33.2 Å². The molecule has 0 fully saturated rings. The highest BCUT2D eigenvalue weighted by molar-refractivity contribution is 7.90. The van der Waals surface area contributed by atoms with Crippen LogP contribution in [0.5, 0.6) is 0 Å². The molecule has 0 spiro atoms. The van der Waals surface area contributed by atoms with Crippen LogP contribution in [-0.2, 0) is 10.0 Å². The van der Waals surface area contributed by atoms with Gasteiger partial charge in [0.1, 0.15) is 0 Å². The molecule has 29 heavy (non-hydrogen) atoms. The van der Waals surface area contributed by atoms with Crippen LogP contribution in [0, 0.1) is 13.8 Å². The van der Waals surface area contributed by atoms with Crippen LogP contribution in [-0.4, -0.2) is 17.4 Å². The van der Waals surface area contributed by atoms with Gasteiger partial charge in [-0.2, -0.15) is 0 Å². The fraction of sp³-hybridized carbons (Fsp3) is 0.0833. The summed E-state index contributed by atoms with van der Waals surface area (Å²) in [7, 11) is -3.78. The van der Waals surface area contributed by atoms with Crippen LogP contribution in [0.1, 0.15) is 11.1 Å². The molecular weight excluding hydrogens is 380 g/mol. The second-order valence-corrected chi connectivity index (χ2v) is 9.03. The monoisotopic (exact) mass is 400 g/mol. The van der Waals surface area contributed by atoms with Crippen LogP contribution in [0.2, 0.25) is 0 Å². The smallest absolute Gasteiger partial charge is 0.268 e. The number of nitrogens with zero attached hydrogens (tertiary/aromatic N) is 1. The summed E-state index contributed by atoms with van der Waals surface area (Å²) < 4.78 is 29.0. The normalized spacial score (nSPS) is 12.1. The van der Waals surface area contributed by atoms with Gasteiger partial charge < -0.3 is 4.98 Å². The van der Waals surface area contributed by atoms with Crippen LogP contribution >= 0.6 is 0 Å². The molecule has 0 aliphatic carbocycles. The Labute approximate surface area is 169 Å². The number of benzene rings is 3. The molecule has 0 unspecified atom stereocenters. The van der Waals surface area contributed by atoms with Gasteiger partial charge in [0.15, 0.2) is 0 Å². The van der Waals surface area contributed by atoms with Crippen molar-refractivity contribution >= 4 is 31.8 Å². The lowest BCUT2D eigenvalue weighted by Crippen LogP contribution is -2.14. The molecule has 0 aliphatic rings. The van der Waals surface area contributed by atoms with Gasteiger partial charge in [-0.25, -0.2) is 12.4 Å². The fourth-order valence-corrected chi connectivity index (χ4v) is 5.72. The van der Waals surface area contributed by atoms with E-state index in [-0.39, 0.29) is 4.90 Å². The minimum Gasteiger partial charge on any atom is -0.353 e. The number of para-hydroxylation sites is 2. The number of rotatable bonds is 3. The SMILES string of the molecule is Cc1c(-c2c(C)c3ccccc3n2S(=O)(=O)c2ccccc2)[nH]c2ccccc12. The van der Waals surface area contributed by atoms with Gasteiger partial charge >= 0.3 is 0 Å². The lowest BCUT2D eigenvalue weighted by atomic mass is 10.1. The van der Waals surface area contributed by atoms with Gasteiger partial charge in [-0.05, 0) is 49.2 Å². The molecule has 3 aromatic carbocycles. The van der Waals surface area contributed by atoms with Crippen molar-refractivity contribution in [1.29, 1.82) is 0 Å². The fourth-order valence-electron chi connectivity index (χ4n) is 4.12. The molecule has 5 heteroatoms. The summed E-state index contributed by atoms with van der Waals surface area (Å²) in [5, 5.41) is 2.02. The molecule has 144 valence electrons. The van der Waals surface area contributed by atoms with Gasteiger partial charge in [-0.1, -0.05) is 54.6 Å². The first-order valence-electron chi connectivity index (χ1n) is 9.48. The van der Waals surface area contributed by atoms with Crippen molar-refractivity contribution < 1.29 is 8.42 Å². The summed E-state index contributed by atoms with van der Waals surface area (Å²) in [5.41, 5.74) is 5.17. The Morgan fingerprint density at radius 3 is 2.07 bits per heavy atom. The molecule has 2 heterocycles. The third kappa shape index (κ3) is 2.54. The number of aromatic nitrogens is 2. The summed E-state index contributed by atoms with van der Waals surface area (Å²) in [6, 6.07) is 24.3. The van der Waals surface area contributed by atoms with Crippen LogP contribution in [0.4, 0.5) is 0 Å². The second-order valence-electron chi connectivity index (χ2n) is 7.24. The molecule has 0 atom stereocenters. The van der Waals surface area contributed by atoms with E-state index in [9.17, 15) is 8.42 Å². The van der Waals surface area contributed by atoms with E-state index in [1.54, 1.807) is 24.3 Å². The van der Waals surface area contributed by atoms with Crippen molar-refractivity contribution in [2.24, 2.45) is 0 Å². The number of hydrogen-bond donors (Lipinski definition) is 1. The highest BCUT2D eigenvalue weighted by atomic mass is 32.2. The molecule has 0 saturated carbocycles. The minimum absolute atomic E-state index is 0.274. The predicted octanol–water partition coefficient (Wildman–Crippen LogP) is 5.64. The van der Waals surface area contributed by atoms with E-state index >= 15 is 0 Å². The van der Waals surface area contributed by atoms with E-state index in [0.29, 0.717) is 11.2 Å². The summed E-state index contributed by atoms with van der Waals surface area (Å²) in [4.78, 5) is 3.73. The van der Waals surface area contributed by atoms with Gasteiger partial charge in [-0.3, -0.25) is 0 Å². The molecule has 5 rings (SSSR count). The number of nitrogens with one attached hydrogen (secondary N) is 1. The van der Waals surface area contributed by atoms with Crippen molar-refractivity contribution in [3.8, 4) is 11.4 Å². The summed E-state index contributed by atoms with van der Waals surface area (Å²) in [6.07, 6.45) is 0. The van der Waals surface area contributed by atoms with Crippen molar-refractivity contribution in [3.63, 3.8) is 0 Å². The van der Waals surface area contributed by atoms with Crippen molar-refractivity contribution in [2.75, 3.05) is 0 Å². The lowest BCUT2D eigenvalue weighted by Gasteiger charge is -2.13. The molecule has 0 radical (unpaired) electrons. The topological polar surface area (TPSA) is 54.9 Å². The lowest BCUT2D eigenvalue weighted by molar-refractivity contribution is 0.589. The van der Waals surface area contributed by atoms with E-state index < -0.39 is 10.0 Å². The standard InChI is InChI=1S/C24H20N2O2S/c1-16-19-12-6-8-14-21(19)25-23(16)24-17(2)20-13-7-9-15-22(20)26(24)29(27,28)18-10-4-3-5-11-18/h3-15,25H,1-2H3. The van der Waals surface area contributed by atoms with Crippen LogP contribution in [0.3, 0.4) is 0 Å². The molecule has 0 bridgehead atoms. The molecule has 0 amide bonds. The van der Waals surface area contributed by atoms with Crippen LogP contribution in [0.15, 0.2) is 83.8 Å². The van der Waals surface area contributed by atoms with E-state index in [0.717, 1.165) is 33.1 Å². The quantitative estimate of drug-likeness (QED) is 0.426. The summed E-state index contributed by atoms with van der Waals surface area (Å²) in [6.45, 7) is 4.02. The average molecular weight is 401 g/mol. The third-order valence-electron chi connectivity index (χ3n) is 5.57. The van der Waals surface area contributed by atoms with Gasteiger partial charge in [0.25, 0.3) is 10.0 Å². The maximum absolute atomic E-state index is 13.7. The van der Waals surface area contributed by atoms with Gasteiger partial charge in [0.2, 0.25) is 0 Å². The van der Waals surface area contributed by atoms with E-state index in [1.165, 1.54) is 3.97 Å².